The van der Waals surface area contributed by atoms with Gasteiger partial charge in [-0.3, -0.25) is 0 Å². The van der Waals surface area contributed by atoms with Crippen LogP contribution in [-0.4, -0.2) is 66.6 Å². The Morgan fingerprint density at radius 2 is 1.73 bits per heavy atom. The van der Waals surface area contributed by atoms with Crippen molar-refractivity contribution in [1.29, 1.82) is 0 Å². The average molecular weight is 619 g/mol. The van der Waals surface area contributed by atoms with Gasteiger partial charge in [0.1, 0.15) is 37.0 Å². The van der Waals surface area contributed by atoms with Gasteiger partial charge in [-0.25, -0.2) is 23.7 Å². The number of hydrogen-bond donors (Lipinski definition) is 2. The quantitative estimate of drug-likeness (QED) is 0.252. The largest absolute Gasteiger partial charge is 0.445 e. The first-order valence-electron chi connectivity index (χ1n) is 11.7. The van der Waals surface area contributed by atoms with Gasteiger partial charge in [-0.15, -0.1) is 0 Å². The number of hydrogen-bond acceptors (Lipinski definition) is 9. The summed E-state index contributed by atoms with van der Waals surface area (Å²) in [7, 11) is -3.21. The molecule has 0 spiro atoms. The Kier molecular flexibility index (Phi) is 10.2. The van der Waals surface area contributed by atoms with E-state index in [9.17, 15) is 9.90 Å². The van der Waals surface area contributed by atoms with Crippen molar-refractivity contribution >= 4 is 61.2 Å². The number of carbonyl (C=O) groups excluding carboxylic acids is 1. The number of nitrogens with one attached hydrogen (secondary N) is 1. The zero-order chi connectivity index (χ0) is 27.6. The van der Waals surface area contributed by atoms with E-state index in [4.69, 9.17) is 63.2 Å². The molecular formula is C23H34Cl3NO8SSi. The van der Waals surface area contributed by atoms with Gasteiger partial charge in [-0.1, -0.05) is 106 Å². The van der Waals surface area contributed by atoms with E-state index >= 15 is 0 Å². The number of alkyl carbamates (subject to hydrolysis) is 1. The second-order valence-electron chi connectivity index (χ2n) is 11.0. The van der Waals surface area contributed by atoms with Crippen LogP contribution in [0.3, 0.4) is 0 Å². The van der Waals surface area contributed by atoms with Crippen LogP contribution in [0, 0.1) is 0 Å². The maximum atomic E-state index is 12.6. The predicted octanol–water partition coefficient (Wildman–Crippen LogP) is 5.65. The molecule has 210 valence electrons. The number of rotatable bonds is 4. The van der Waals surface area contributed by atoms with Crippen LogP contribution >= 0.6 is 46.6 Å². The van der Waals surface area contributed by atoms with Crippen LogP contribution < -0.4 is 5.32 Å². The van der Waals surface area contributed by atoms with Gasteiger partial charge in [0.25, 0.3) is 0 Å². The molecule has 0 saturated carbocycles. The highest BCUT2D eigenvalue weighted by molar-refractivity contribution is 7.99. The summed E-state index contributed by atoms with van der Waals surface area (Å²) in [4.78, 5) is 25.0. The Morgan fingerprint density at radius 1 is 1.11 bits per heavy atom. The van der Waals surface area contributed by atoms with E-state index in [0.717, 1.165) is 4.90 Å². The number of ether oxygens (including phenoxy) is 2. The lowest BCUT2D eigenvalue weighted by Gasteiger charge is -2.50. The minimum atomic E-state index is -3.21. The number of fused-ring (bicyclic) bond motifs is 1. The molecule has 37 heavy (non-hydrogen) atoms. The normalized spacial score (nSPS) is 29.0. The zero-order valence-corrected chi connectivity index (χ0v) is 25.6. The molecule has 1 amide bonds. The summed E-state index contributed by atoms with van der Waals surface area (Å²) in [5.41, 5.74) is -0.752. The van der Waals surface area contributed by atoms with Crippen molar-refractivity contribution in [2.75, 3.05) is 13.2 Å². The summed E-state index contributed by atoms with van der Waals surface area (Å²) in [6.45, 7) is 11.4. The molecule has 0 unspecified atom stereocenters. The third-order valence-corrected chi connectivity index (χ3v) is 12.1. The van der Waals surface area contributed by atoms with Gasteiger partial charge in [0.2, 0.25) is 3.79 Å². The van der Waals surface area contributed by atoms with Crippen LogP contribution in [0.1, 0.15) is 41.5 Å². The minimum absolute atomic E-state index is 0.0255. The maximum Gasteiger partial charge on any atom is 0.419 e. The predicted molar refractivity (Wildman–Crippen MR) is 144 cm³/mol. The number of aliphatic hydroxyl groups excluding tert-OH is 1. The Labute approximate surface area is 237 Å². The summed E-state index contributed by atoms with van der Waals surface area (Å²) < 4.78 is 21.6. The molecule has 9 nitrogen and oxygen atoms in total. The lowest BCUT2D eigenvalue weighted by molar-refractivity contribution is -0.386. The number of thioether (sulfide) groups is 1. The van der Waals surface area contributed by atoms with Crippen LogP contribution in [0.15, 0.2) is 35.2 Å². The highest BCUT2D eigenvalue weighted by atomic mass is 35.6. The zero-order valence-electron chi connectivity index (χ0n) is 21.5. The second-order valence-corrected chi connectivity index (χ2v) is 19.2. The van der Waals surface area contributed by atoms with Gasteiger partial charge >= 0.3 is 14.7 Å². The van der Waals surface area contributed by atoms with E-state index in [1.165, 1.54) is 11.8 Å². The molecule has 2 N–H and O–H groups in total. The summed E-state index contributed by atoms with van der Waals surface area (Å²) in [6, 6.07) is 8.42. The molecule has 0 aliphatic carbocycles. The molecule has 5 atom stereocenters. The number of benzene rings is 1. The molecule has 3 rings (SSSR count). The molecule has 2 heterocycles. The van der Waals surface area contributed by atoms with Gasteiger partial charge in [-0.2, -0.15) is 0 Å². The van der Waals surface area contributed by atoms with E-state index in [0.29, 0.717) is 0 Å². The van der Waals surface area contributed by atoms with E-state index in [-0.39, 0.29) is 6.61 Å². The first-order chi connectivity index (χ1) is 17.0. The summed E-state index contributed by atoms with van der Waals surface area (Å²) in [5.74, 6) is 0. The highest BCUT2D eigenvalue weighted by Crippen LogP contribution is 2.53. The van der Waals surface area contributed by atoms with E-state index in [2.05, 4.69) is 5.32 Å². The number of alkyl halides is 3. The monoisotopic (exact) mass is 617 g/mol. The molecule has 0 radical (unpaired) electrons. The smallest absolute Gasteiger partial charge is 0.419 e. The van der Waals surface area contributed by atoms with Crippen LogP contribution in [-0.2, 0) is 28.4 Å². The summed E-state index contributed by atoms with van der Waals surface area (Å²) in [5, 5.41) is 13.2. The first-order valence-corrected chi connectivity index (χ1v) is 15.6. The van der Waals surface area contributed by atoms with Gasteiger partial charge in [0.15, 0.2) is 0 Å². The molecule has 2 aliphatic rings. The highest BCUT2D eigenvalue weighted by Gasteiger charge is 2.63. The summed E-state index contributed by atoms with van der Waals surface area (Å²) >= 11 is 18.4. The molecular weight excluding hydrogens is 585 g/mol. The van der Waals surface area contributed by atoms with Crippen molar-refractivity contribution < 1.29 is 38.3 Å². The fraction of sp³-hybridized carbons (Fsp3) is 0.696. The van der Waals surface area contributed by atoms with Gasteiger partial charge < -0.3 is 19.9 Å². The fourth-order valence-electron chi connectivity index (χ4n) is 4.33. The van der Waals surface area contributed by atoms with E-state index in [1.54, 1.807) is 0 Å². The topological polar surface area (TPSA) is 105 Å². The third kappa shape index (κ3) is 7.67. The number of aliphatic hydroxyl groups is 1. The summed E-state index contributed by atoms with van der Waals surface area (Å²) in [6.07, 6.45) is -3.94. The molecule has 2 aliphatic heterocycles. The minimum Gasteiger partial charge on any atom is -0.445 e. The molecule has 0 bridgehead atoms. The van der Waals surface area contributed by atoms with Crippen LogP contribution in [0.25, 0.3) is 0 Å². The number of carbonyl (C=O) groups is 1. The van der Waals surface area contributed by atoms with E-state index in [1.807, 2.05) is 71.9 Å². The van der Waals surface area contributed by atoms with Crippen molar-refractivity contribution in [1.82, 2.24) is 5.32 Å². The van der Waals surface area contributed by atoms with Gasteiger partial charge in [0, 0.05) is 15.0 Å². The maximum absolute atomic E-state index is 12.6. The Hall–Kier alpha value is -0.313. The Morgan fingerprint density at radius 3 is 2.30 bits per heavy atom. The Bertz CT molecular complexity index is 898. The van der Waals surface area contributed by atoms with E-state index < -0.39 is 64.9 Å². The molecule has 14 heteroatoms. The lowest BCUT2D eigenvalue weighted by Crippen LogP contribution is -2.67. The van der Waals surface area contributed by atoms with Crippen LogP contribution in [0.4, 0.5) is 4.79 Å². The standard InChI is InChI=1S/C23H34Cl3NO8SSi/c1-21(2,3)37(22(4,5)6)34-31-12-15-18(33-35-37)17(28)16(27-20(29)30-13-23(24,25)26)19(32-15)36-14-10-8-7-9-11-14/h7-11,15-19,28H,12-13H2,1-6H3,(H,27,29)/t15-,16-,17-,18+,19+/m1/s1. The molecule has 2 saturated heterocycles. The molecule has 2 fully saturated rings. The average Bonchev–Trinajstić information content (AvgIpc) is 2.75. The van der Waals surface area contributed by atoms with Crippen LogP contribution in [0.5, 0.6) is 0 Å². The van der Waals surface area contributed by atoms with Crippen LogP contribution in [0.2, 0.25) is 10.1 Å². The van der Waals surface area contributed by atoms with Crippen molar-refractivity contribution in [2.45, 2.75) is 90.1 Å². The first kappa shape index (κ1) is 31.2. The Balaban J connectivity index is 1.86. The molecule has 1 aromatic carbocycles. The van der Waals surface area contributed by atoms with Crippen molar-refractivity contribution in [3.63, 3.8) is 0 Å². The third-order valence-electron chi connectivity index (χ3n) is 5.98. The molecule has 1 aromatic rings. The number of halogens is 3. The fourth-order valence-corrected chi connectivity index (χ4v) is 9.41. The second kappa shape index (κ2) is 12.1. The van der Waals surface area contributed by atoms with Crippen molar-refractivity contribution in [2.24, 2.45) is 0 Å². The van der Waals surface area contributed by atoms with Gasteiger partial charge in [-0.05, 0) is 12.1 Å². The molecule has 0 aromatic heterocycles. The number of amides is 1. The lowest BCUT2D eigenvalue weighted by atomic mass is 9.98. The van der Waals surface area contributed by atoms with Gasteiger partial charge in [0.05, 0.1) is 6.04 Å². The van der Waals surface area contributed by atoms with Crippen molar-refractivity contribution in [3.05, 3.63) is 30.3 Å². The van der Waals surface area contributed by atoms with Crippen molar-refractivity contribution in [3.8, 4) is 0 Å². The SMILES string of the molecule is CC(C)(C)[Si]1(C(C)(C)C)OOC[C@H]2O[C@@H](Sc3ccccc3)[C@H](NC(=O)OCC(Cl)(Cl)Cl)[C@@H](O)[C@H]2OO1.